The molecule has 2 aromatic carbocycles. The van der Waals surface area contributed by atoms with Crippen molar-refractivity contribution < 1.29 is 9.21 Å². The van der Waals surface area contributed by atoms with E-state index in [0.717, 1.165) is 11.1 Å². The van der Waals surface area contributed by atoms with E-state index in [1.54, 1.807) is 36.4 Å². The number of aryl methyl sites for hydroxylation is 1. The second-order valence-electron chi connectivity index (χ2n) is 5.32. The molecule has 0 saturated heterocycles. The molecule has 122 valence electrons. The van der Waals surface area contributed by atoms with E-state index in [9.17, 15) is 4.79 Å². The third kappa shape index (κ3) is 3.40. The molecule has 0 saturated carbocycles. The molecule has 3 aromatic rings. The molecule has 0 fully saturated rings. The molecular weight excluding hydrogens is 347 g/mol. The summed E-state index contributed by atoms with van der Waals surface area (Å²) in [6.45, 7) is 1.92. The van der Waals surface area contributed by atoms with Crippen molar-refractivity contribution in [2.45, 2.75) is 6.92 Å². The number of halogens is 2. The maximum absolute atomic E-state index is 12.3. The number of carbonyl (C=O) groups is 1. The highest BCUT2D eigenvalue weighted by Gasteiger charge is 2.14. The fraction of sp³-hybridized carbons (Fsp3) is 0.0556. The molecule has 0 spiro atoms. The Bertz CT molecular complexity index is 919. The Morgan fingerprint density at radius 3 is 2.54 bits per heavy atom. The number of nitrogens with one attached hydrogen (secondary N) is 1. The Balaban J connectivity index is 1.82. The number of furan rings is 1. The minimum absolute atomic E-state index is 0.176. The molecule has 0 aliphatic rings. The van der Waals surface area contributed by atoms with E-state index in [-0.39, 0.29) is 5.76 Å². The van der Waals surface area contributed by atoms with E-state index >= 15 is 0 Å². The standard InChI is InChI=1S/C18H14Cl2N2O2/c1-10-2-3-11(8-13(10)19)16-6-7-17(24-16)18(23)22-15-5-4-12(21)9-14(15)20/h2-9H,21H2,1H3,(H,22,23). The van der Waals surface area contributed by atoms with E-state index in [2.05, 4.69) is 5.32 Å². The van der Waals surface area contributed by atoms with Gasteiger partial charge in [0.1, 0.15) is 5.76 Å². The van der Waals surface area contributed by atoms with Crippen molar-refractivity contribution in [1.82, 2.24) is 0 Å². The Morgan fingerprint density at radius 2 is 1.83 bits per heavy atom. The lowest BCUT2D eigenvalue weighted by Crippen LogP contribution is -2.11. The van der Waals surface area contributed by atoms with Crippen LogP contribution in [-0.2, 0) is 0 Å². The van der Waals surface area contributed by atoms with Crippen LogP contribution < -0.4 is 11.1 Å². The number of benzene rings is 2. The Labute approximate surface area is 149 Å². The van der Waals surface area contributed by atoms with Crippen molar-refractivity contribution in [2.24, 2.45) is 0 Å². The third-order valence-corrected chi connectivity index (χ3v) is 4.25. The van der Waals surface area contributed by atoms with Gasteiger partial charge in [0.2, 0.25) is 0 Å². The van der Waals surface area contributed by atoms with Gasteiger partial charge in [0, 0.05) is 16.3 Å². The quantitative estimate of drug-likeness (QED) is 0.614. The lowest BCUT2D eigenvalue weighted by molar-refractivity contribution is 0.0997. The number of hydrogen-bond donors (Lipinski definition) is 2. The van der Waals surface area contributed by atoms with Crippen molar-refractivity contribution in [3.63, 3.8) is 0 Å². The van der Waals surface area contributed by atoms with E-state index < -0.39 is 5.91 Å². The first-order valence-electron chi connectivity index (χ1n) is 7.17. The van der Waals surface area contributed by atoms with E-state index in [1.165, 1.54) is 0 Å². The zero-order valence-corrected chi connectivity index (χ0v) is 14.3. The average molecular weight is 361 g/mol. The lowest BCUT2D eigenvalue weighted by atomic mass is 10.1. The minimum atomic E-state index is -0.397. The lowest BCUT2D eigenvalue weighted by Gasteiger charge is -2.06. The molecule has 6 heteroatoms. The predicted molar refractivity (Wildman–Crippen MR) is 97.7 cm³/mol. The SMILES string of the molecule is Cc1ccc(-c2ccc(C(=O)Nc3ccc(N)cc3Cl)o2)cc1Cl. The van der Waals surface area contributed by atoms with Gasteiger partial charge in [0.15, 0.2) is 5.76 Å². The molecule has 0 radical (unpaired) electrons. The maximum Gasteiger partial charge on any atom is 0.291 e. The minimum Gasteiger partial charge on any atom is -0.451 e. The summed E-state index contributed by atoms with van der Waals surface area (Å²) in [4.78, 5) is 12.3. The van der Waals surface area contributed by atoms with Gasteiger partial charge in [-0.1, -0.05) is 35.3 Å². The first kappa shape index (κ1) is 16.4. The van der Waals surface area contributed by atoms with Crippen LogP contribution in [0.15, 0.2) is 52.9 Å². The predicted octanol–water partition coefficient (Wildman–Crippen LogP) is 5.40. The summed E-state index contributed by atoms with van der Waals surface area (Å²) < 4.78 is 5.62. The fourth-order valence-electron chi connectivity index (χ4n) is 2.18. The van der Waals surface area contributed by atoms with Gasteiger partial charge >= 0.3 is 0 Å². The van der Waals surface area contributed by atoms with Gasteiger partial charge in [-0.15, -0.1) is 0 Å². The Kier molecular flexibility index (Phi) is 4.51. The average Bonchev–Trinajstić information content (AvgIpc) is 3.03. The fourth-order valence-corrected chi connectivity index (χ4v) is 2.59. The van der Waals surface area contributed by atoms with Crippen LogP contribution in [-0.4, -0.2) is 5.91 Å². The molecule has 0 aliphatic carbocycles. The second kappa shape index (κ2) is 6.59. The number of hydrogen-bond acceptors (Lipinski definition) is 3. The van der Waals surface area contributed by atoms with E-state index in [0.29, 0.717) is 27.2 Å². The van der Waals surface area contributed by atoms with Crippen LogP contribution in [0, 0.1) is 6.92 Å². The van der Waals surface area contributed by atoms with Crippen molar-refractivity contribution >= 4 is 40.5 Å². The highest BCUT2D eigenvalue weighted by molar-refractivity contribution is 6.34. The highest BCUT2D eigenvalue weighted by Crippen LogP contribution is 2.28. The van der Waals surface area contributed by atoms with Crippen LogP contribution in [0.25, 0.3) is 11.3 Å². The van der Waals surface area contributed by atoms with Crippen LogP contribution in [0.1, 0.15) is 16.1 Å². The molecule has 4 nitrogen and oxygen atoms in total. The van der Waals surface area contributed by atoms with Crippen LogP contribution in [0.3, 0.4) is 0 Å². The number of amides is 1. The number of nitrogens with two attached hydrogens (primary N) is 1. The van der Waals surface area contributed by atoms with Crippen molar-refractivity contribution in [3.05, 3.63) is 69.9 Å². The van der Waals surface area contributed by atoms with Crippen molar-refractivity contribution in [2.75, 3.05) is 11.1 Å². The molecule has 1 amide bonds. The van der Waals surface area contributed by atoms with Gasteiger partial charge in [0.05, 0.1) is 10.7 Å². The van der Waals surface area contributed by atoms with Crippen molar-refractivity contribution in [3.8, 4) is 11.3 Å². The zero-order valence-electron chi connectivity index (χ0n) is 12.8. The number of carbonyl (C=O) groups excluding carboxylic acids is 1. The number of rotatable bonds is 3. The summed E-state index contributed by atoms with van der Waals surface area (Å²) in [6, 6.07) is 13.8. The van der Waals surface area contributed by atoms with Crippen LogP contribution in [0.2, 0.25) is 10.0 Å². The van der Waals surface area contributed by atoms with Crippen LogP contribution in [0.5, 0.6) is 0 Å². The molecule has 0 aliphatic heterocycles. The molecule has 24 heavy (non-hydrogen) atoms. The summed E-state index contributed by atoms with van der Waals surface area (Å²) in [5.41, 5.74) is 8.40. The maximum atomic E-state index is 12.3. The topological polar surface area (TPSA) is 68.3 Å². The van der Waals surface area contributed by atoms with Gasteiger partial charge in [-0.3, -0.25) is 4.79 Å². The zero-order chi connectivity index (χ0) is 17.3. The Morgan fingerprint density at radius 1 is 1.04 bits per heavy atom. The normalized spacial score (nSPS) is 10.6. The molecule has 0 atom stereocenters. The highest BCUT2D eigenvalue weighted by atomic mass is 35.5. The summed E-state index contributed by atoms with van der Waals surface area (Å²) in [7, 11) is 0. The van der Waals surface area contributed by atoms with E-state index in [4.69, 9.17) is 33.4 Å². The third-order valence-electron chi connectivity index (χ3n) is 3.53. The van der Waals surface area contributed by atoms with Gasteiger partial charge in [-0.2, -0.15) is 0 Å². The van der Waals surface area contributed by atoms with Crippen LogP contribution in [0.4, 0.5) is 11.4 Å². The molecule has 3 rings (SSSR count). The number of anilines is 2. The molecule has 0 bridgehead atoms. The summed E-state index contributed by atoms with van der Waals surface area (Å²) in [5.74, 6) is 0.339. The monoisotopic (exact) mass is 360 g/mol. The molecular formula is C18H14Cl2N2O2. The largest absolute Gasteiger partial charge is 0.451 e. The second-order valence-corrected chi connectivity index (χ2v) is 6.14. The van der Waals surface area contributed by atoms with Crippen LogP contribution >= 0.6 is 23.2 Å². The molecule has 3 N–H and O–H groups in total. The van der Waals surface area contributed by atoms with Gasteiger partial charge in [-0.25, -0.2) is 0 Å². The van der Waals surface area contributed by atoms with Crippen molar-refractivity contribution in [1.29, 1.82) is 0 Å². The Hall–Kier alpha value is -2.43. The van der Waals surface area contributed by atoms with Gasteiger partial charge in [-0.05, 0) is 48.9 Å². The summed E-state index contributed by atoms with van der Waals surface area (Å²) in [6.07, 6.45) is 0. The molecule has 0 unspecified atom stereocenters. The van der Waals surface area contributed by atoms with E-state index in [1.807, 2.05) is 19.1 Å². The molecule has 1 aromatic heterocycles. The number of nitrogen functional groups attached to an aromatic ring is 1. The molecule has 1 heterocycles. The first-order valence-corrected chi connectivity index (χ1v) is 7.92. The first-order chi connectivity index (χ1) is 11.4. The summed E-state index contributed by atoms with van der Waals surface area (Å²) >= 11 is 12.2. The van der Waals surface area contributed by atoms with Gasteiger partial charge in [0.25, 0.3) is 5.91 Å². The summed E-state index contributed by atoms with van der Waals surface area (Å²) in [5, 5.41) is 3.70. The smallest absolute Gasteiger partial charge is 0.291 e. The van der Waals surface area contributed by atoms with Gasteiger partial charge < -0.3 is 15.5 Å².